The number of aromatic nitrogens is 3. The normalized spacial score (nSPS) is 14.5. The van der Waals surface area contributed by atoms with Gasteiger partial charge in [-0.15, -0.1) is 5.10 Å². The van der Waals surface area contributed by atoms with Crippen molar-refractivity contribution >= 4 is 29.3 Å². The molecule has 0 bridgehead atoms. The van der Waals surface area contributed by atoms with E-state index in [1.807, 2.05) is 67.1 Å². The monoisotopic (exact) mass is 539 g/mol. The SMILES string of the molecule is CCCSc1nc2n(n1)C(c1ccc(OCc3ccc(C)cc3)cc1)C(C(=O)Nc1cccc(C)c1)=C(C)N2. The Morgan fingerprint density at radius 2 is 1.79 bits per heavy atom. The van der Waals surface area contributed by atoms with Crippen LogP contribution in [-0.4, -0.2) is 26.4 Å². The molecule has 0 radical (unpaired) electrons. The van der Waals surface area contributed by atoms with Crippen molar-refractivity contribution in [2.45, 2.75) is 51.9 Å². The standard InChI is InChI=1S/C31H33N5O2S/c1-5-17-39-31-34-30-32-22(4)27(29(37)33-25-8-6-7-21(3)18-25)28(36(30)35-31)24-13-15-26(16-14-24)38-19-23-11-9-20(2)10-12-23/h6-16,18,28H,5,17,19H2,1-4H3,(H,33,37)(H,32,34,35). The number of amides is 1. The molecule has 5 rings (SSSR count). The van der Waals surface area contributed by atoms with Crippen LogP contribution in [0.3, 0.4) is 0 Å². The van der Waals surface area contributed by atoms with E-state index in [0.29, 0.717) is 23.3 Å². The van der Waals surface area contributed by atoms with Gasteiger partial charge in [-0.05, 0) is 68.1 Å². The summed E-state index contributed by atoms with van der Waals surface area (Å²) in [6.45, 7) is 8.61. The molecule has 200 valence electrons. The van der Waals surface area contributed by atoms with Crippen molar-refractivity contribution in [1.82, 2.24) is 14.8 Å². The van der Waals surface area contributed by atoms with Gasteiger partial charge in [0, 0.05) is 17.1 Å². The third kappa shape index (κ3) is 6.17. The van der Waals surface area contributed by atoms with Crippen LogP contribution in [0.5, 0.6) is 5.75 Å². The Morgan fingerprint density at radius 3 is 2.51 bits per heavy atom. The summed E-state index contributed by atoms with van der Waals surface area (Å²) >= 11 is 1.61. The van der Waals surface area contributed by atoms with E-state index in [1.165, 1.54) is 5.56 Å². The second-order valence-corrected chi connectivity index (χ2v) is 10.8. The predicted octanol–water partition coefficient (Wildman–Crippen LogP) is 6.90. The van der Waals surface area contributed by atoms with Crippen LogP contribution in [0, 0.1) is 13.8 Å². The van der Waals surface area contributed by atoms with Gasteiger partial charge in [-0.3, -0.25) is 4.79 Å². The molecule has 1 aliphatic heterocycles. The lowest BCUT2D eigenvalue weighted by atomic mass is 9.95. The predicted molar refractivity (Wildman–Crippen MR) is 157 cm³/mol. The number of aryl methyl sites for hydroxylation is 2. The van der Waals surface area contributed by atoms with E-state index in [9.17, 15) is 4.79 Å². The van der Waals surface area contributed by atoms with Crippen molar-refractivity contribution in [3.05, 3.63) is 106 Å². The van der Waals surface area contributed by atoms with E-state index in [2.05, 4.69) is 48.7 Å². The van der Waals surface area contributed by atoms with Crippen molar-refractivity contribution in [3.63, 3.8) is 0 Å². The Balaban J connectivity index is 1.44. The number of benzene rings is 3. The molecule has 3 aromatic carbocycles. The second-order valence-electron chi connectivity index (χ2n) is 9.74. The van der Waals surface area contributed by atoms with Crippen LogP contribution in [0.25, 0.3) is 0 Å². The van der Waals surface area contributed by atoms with E-state index in [4.69, 9.17) is 14.8 Å². The zero-order valence-electron chi connectivity index (χ0n) is 22.7. The van der Waals surface area contributed by atoms with E-state index in [0.717, 1.165) is 46.0 Å². The van der Waals surface area contributed by atoms with E-state index >= 15 is 0 Å². The molecule has 0 aliphatic carbocycles. The number of hydrogen-bond acceptors (Lipinski definition) is 6. The maximum Gasteiger partial charge on any atom is 0.255 e. The van der Waals surface area contributed by atoms with E-state index in [1.54, 1.807) is 11.8 Å². The van der Waals surface area contributed by atoms with Crippen molar-refractivity contribution in [3.8, 4) is 5.75 Å². The highest BCUT2D eigenvalue weighted by Gasteiger charge is 2.34. The van der Waals surface area contributed by atoms with Crippen LogP contribution in [0.1, 0.15) is 48.6 Å². The number of fused-ring (bicyclic) bond motifs is 1. The highest BCUT2D eigenvalue weighted by molar-refractivity contribution is 7.99. The molecule has 1 aliphatic rings. The lowest BCUT2D eigenvalue weighted by Gasteiger charge is -2.28. The number of rotatable bonds is 9. The van der Waals surface area contributed by atoms with Gasteiger partial charge >= 0.3 is 0 Å². The average molecular weight is 540 g/mol. The number of thioether (sulfide) groups is 1. The summed E-state index contributed by atoms with van der Waals surface area (Å²) in [6, 6.07) is 23.6. The average Bonchev–Trinajstić information content (AvgIpc) is 3.33. The maximum absolute atomic E-state index is 13.7. The van der Waals surface area contributed by atoms with Gasteiger partial charge in [0.15, 0.2) is 0 Å². The minimum atomic E-state index is -0.444. The van der Waals surface area contributed by atoms with Crippen LogP contribution in [0.2, 0.25) is 0 Å². The highest BCUT2D eigenvalue weighted by atomic mass is 32.2. The first-order chi connectivity index (χ1) is 18.9. The quantitative estimate of drug-likeness (QED) is 0.225. The van der Waals surface area contributed by atoms with Crippen LogP contribution in [0.15, 0.2) is 89.2 Å². The molecular formula is C31H33N5O2S. The fourth-order valence-corrected chi connectivity index (χ4v) is 5.19. The van der Waals surface area contributed by atoms with Gasteiger partial charge in [0.25, 0.3) is 5.91 Å². The number of ether oxygens (including phenoxy) is 1. The zero-order chi connectivity index (χ0) is 27.4. The smallest absolute Gasteiger partial charge is 0.255 e. The van der Waals surface area contributed by atoms with Gasteiger partial charge in [0.1, 0.15) is 18.4 Å². The summed E-state index contributed by atoms with van der Waals surface area (Å²) < 4.78 is 7.85. The maximum atomic E-state index is 13.7. The molecule has 0 spiro atoms. The first-order valence-corrected chi connectivity index (χ1v) is 14.1. The molecule has 1 atom stereocenters. The third-order valence-corrected chi connectivity index (χ3v) is 7.55. The summed E-state index contributed by atoms with van der Waals surface area (Å²) in [4.78, 5) is 18.4. The Hall–Kier alpha value is -4.04. The summed E-state index contributed by atoms with van der Waals surface area (Å²) in [5.41, 5.74) is 6.43. The molecule has 1 unspecified atom stereocenters. The topological polar surface area (TPSA) is 81.1 Å². The minimum absolute atomic E-state index is 0.181. The van der Waals surface area contributed by atoms with Crippen LogP contribution in [-0.2, 0) is 11.4 Å². The van der Waals surface area contributed by atoms with Crippen LogP contribution >= 0.6 is 11.8 Å². The van der Waals surface area contributed by atoms with Crippen molar-refractivity contribution in [2.24, 2.45) is 0 Å². The number of allylic oxidation sites excluding steroid dienone is 1. The fraction of sp³-hybridized carbons (Fsp3) is 0.258. The number of carbonyl (C=O) groups is 1. The van der Waals surface area contributed by atoms with Crippen molar-refractivity contribution < 1.29 is 9.53 Å². The minimum Gasteiger partial charge on any atom is -0.489 e. The summed E-state index contributed by atoms with van der Waals surface area (Å²) in [6.07, 6.45) is 1.02. The van der Waals surface area contributed by atoms with Gasteiger partial charge in [-0.2, -0.15) is 4.98 Å². The molecule has 4 aromatic rings. The van der Waals surface area contributed by atoms with E-state index < -0.39 is 6.04 Å². The Bertz CT molecular complexity index is 1490. The summed E-state index contributed by atoms with van der Waals surface area (Å²) in [5, 5.41) is 11.9. The zero-order valence-corrected chi connectivity index (χ0v) is 23.5. The Morgan fingerprint density at radius 1 is 1.03 bits per heavy atom. The first-order valence-electron chi connectivity index (χ1n) is 13.1. The van der Waals surface area contributed by atoms with E-state index in [-0.39, 0.29) is 5.91 Å². The van der Waals surface area contributed by atoms with Gasteiger partial charge in [-0.25, -0.2) is 4.68 Å². The first kappa shape index (κ1) is 26.6. The number of nitrogens with one attached hydrogen (secondary N) is 2. The molecule has 1 amide bonds. The molecule has 0 saturated heterocycles. The third-order valence-electron chi connectivity index (χ3n) is 6.51. The van der Waals surface area contributed by atoms with Gasteiger partial charge in [0.2, 0.25) is 11.1 Å². The molecule has 8 heteroatoms. The Labute approximate surface area is 233 Å². The number of anilines is 2. The second kappa shape index (κ2) is 11.8. The summed E-state index contributed by atoms with van der Waals surface area (Å²) in [7, 11) is 0. The number of carbonyl (C=O) groups excluding carboxylic acids is 1. The van der Waals surface area contributed by atoms with Gasteiger partial charge in [0.05, 0.1) is 5.57 Å². The fourth-order valence-electron chi connectivity index (χ4n) is 4.51. The lowest BCUT2D eigenvalue weighted by molar-refractivity contribution is -0.113. The van der Waals surface area contributed by atoms with Crippen molar-refractivity contribution in [2.75, 3.05) is 16.4 Å². The molecule has 0 saturated carbocycles. The van der Waals surface area contributed by atoms with Gasteiger partial charge in [-0.1, -0.05) is 72.8 Å². The van der Waals surface area contributed by atoms with Gasteiger partial charge < -0.3 is 15.4 Å². The summed E-state index contributed by atoms with van der Waals surface area (Å²) in [5.74, 6) is 2.13. The molecule has 7 nitrogen and oxygen atoms in total. The molecule has 0 fully saturated rings. The van der Waals surface area contributed by atoms with Crippen molar-refractivity contribution in [1.29, 1.82) is 0 Å². The Kier molecular flexibility index (Phi) is 8.02. The molecule has 2 N–H and O–H groups in total. The molecule has 1 aromatic heterocycles. The van der Waals surface area contributed by atoms with Crippen LogP contribution in [0.4, 0.5) is 11.6 Å². The number of hydrogen-bond donors (Lipinski definition) is 2. The lowest BCUT2D eigenvalue weighted by Crippen LogP contribution is -2.31. The molecule has 39 heavy (non-hydrogen) atoms. The highest BCUT2D eigenvalue weighted by Crippen LogP contribution is 2.37. The molecule has 2 heterocycles. The number of nitrogens with zero attached hydrogens (tertiary/aromatic N) is 3. The molecular weight excluding hydrogens is 506 g/mol. The largest absolute Gasteiger partial charge is 0.489 e. The van der Waals surface area contributed by atoms with Crippen LogP contribution < -0.4 is 15.4 Å².